The second kappa shape index (κ2) is 8.32. The Morgan fingerprint density at radius 2 is 1.38 bits per heavy atom. The van der Waals surface area contributed by atoms with Gasteiger partial charge < -0.3 is 0 Å². The van der Waals surface area contributed by atoms with Crippen LogP contribution < -0.4 is 0 Å². The van der Waals surface area contributed by atoms with E-state index in [2.05, 4.69) is 16.3 Å². The average molecular weight is 337 g/mol. The summed E-state index contributed by atoms with van der Waals surface area (Å²) in [5, 5.41) is 17.1. The molecule has 124 valence electrons. The van der Waals surface area contributed by atoms with Crippen LogP contribution in [0.3, 0.4) is 0 Å². The Labute approximate surface area is 151 Å². The summed E-state index contributed by atoms with van der Waals surface area (Å²) in [5.74, 6) is -0.186. The fourth-order valence-corrected chi connectivity index (χ4v) is 2.35. The first-order chi connectivity index (χ1) is 12.8. The van der Waals surface area contributed by atoms with E-state index >= 15 is 0 Å². The summed E-state index contributed by atoms with van der Waals surface area (Å²) in [6.45, 7) is 0. The van der Waals surface area contributed by atoms with Gasteiger partial charge in [-0.25, -0.2) is 0 Å². The largest absolute Gasteiger partial charge is 0.287 e. The van der Waals surface area contributed by atoms with Gasteiger partial charge in [-0.3, -0.25) is 4.79 Å². The smallest absolute Gasteiger partial charge is 0.213 e. The summed E-state index contributed by atoms with van der Waals surface area (Å²) in [6.07, 6.45) is 1.56. The maximum absolute atomic E-state index is 12.8. The standard InChI is InChI=1S/C22H15N3O/c23-15-17-11-13-18(14-12-17)16-24-25-21(19-7-3-1-4-8-19)22(26)20-9-5-2-6-10-20/h1-14,16H/b24-16-,25-21-. The quantitative estimate of drug-likeness (QED) is 0.396. The number of hydrogen-bond donors (Lipinski definition) is 0. The Balaban J connectivity index is 1.92. The van der Waals surface area contributed by atoms with Gasteiger partial charge in [0.05, 0.1) is 17.8 Å². The second-order valence-electron chi connectivity index (χ2n) is 5.49. The van der Waals surface area contributed by atoms with Gasteiger partial charge in [0.25, 0.3) is 0 Å². The first-order valence-corrected chi connectivity index (χ1v) is 8.04. The molecule has 0 aromatic heterocycles. The molecule has 0 aliphatic heterocycles. The molecule has 0 amide bonds. The highest BCUT2D eigenvalue weighted by Gasteiger charge is 2.15. The minimum Gasteiger partial charge on any atom is -0.287 e. The van der Waals surface area contributed by atoms with Crippen molar-refractivity contribution < 1.29 is 4.79 Å². The molecule has 0 heterocycles. The third-order valence-corrected chi connectivity index (χ3v) is 3.70. The minimum absolute atomic E-state index is 0.186. The van der Waals surface area contributed by atoms with Gasteiger partial charge in [-0.05, 0) is 17.7 Å². The average Bonchev–Trinajstić information content (AvgIpc) is 2.72. The van der Waals surface area contributed by atoms with Crippen LogP contribution in [0, 0.1) is 11.3 Å². The first kappa shape index (κ1) is 17.0. The summed E-state index contributed by atoms with van der Waals surface area (Å²) >= 11 is 0. The zero-order valence-electron chi connectivity index (χ0n) is 13.9. The Morgan fingerprint density at radius 1 is 0.808 bits per heavy atom. The lowest BCUT2D eigenvalue weighted by Gasteiger charge is -2.04. The van der Waals surface area contributed by atoms with E-state index in [-0.39, 0.29) is 11.5 Å². The molecule has 3 aromatic rings. The molecule has 0 fully saturated rings. The Bertz CT molecular complexity index is 983. The van der Waals surface area contributed by atoms with Crippen LogP contribution in [0.1, 0.15) is 27.0 Å². The second-order valence-corrected chi connectivity index (χ2v) is 5.49. The predicted octanol–water partition coefficient (Wildman–Crippen LogP) is 4.26. The fraction of sp³-hybridized carbons (Fsp3) is 0. The SMILES string of the molecule is N#Cc1ccc(/C=N\N=C(/C(=O)c2ccccc2)c2ccccc2)cc1. The molecular formula is C22H15N3O. The molecule has 0 atom stereocenters. The van der Waals surface area contributed by atoms with Gasteiger partial charge in [0, 0.05) is 11.1 Å². The molecule has 0 saturated heterocycles. The number of carbonyl (C=O) groups is 1. The van der Waals surface area contributed by atoms with Crippen molar-refractivity contribution in [3.05, 3.63) is 107 Å². The molecule has 3 rings (SSSR count). The topological polar surface area (TPSA) is 65.6 Å². The van der Waals surface area contributed by atoms with Crippen molar-refractivity contribution in [3.63, 3.8) is 0 Å². The van der Waals surface area contributed by atoms with Crippen molar-refractivity contribution in [3.8, 4) is 6.07 Å². The maximum Gasteiger partial charge on any atom is 0.213 e. The highest BCUT2D eigenvalue weighted by Crippen LogP contribution is 2.10. The number of nitriles is 1. The van der Waals surface area contributed by atoms with Gasteiger partial charge in [-0.1, -0.05) is 72.8 Å². The molecule has 0 aliphatic rings. The number of carbonyl (C=O) groups excluding carboxylic acids is 1. The van der Waals surface area contributed by atoms with Crippen LogP contribution >= 0.6 is 0 Å². The number of hydrogen-bond acceptors (Lipinski definition) is 4. The van der Waals surface area contributed by atoms with E-state index in [9.17, 15) is 4.79 Å². The van der Waals surface area contributed by atoms with Crippen LogP contribution in [0.2, 0.25) is 0 Å². The summed E-state index contributed by atoms with van der Waals surface area (Å²) in [5.41, 5.74) is 2.92. The molecule has 0 N–H and O–H groups in total. The zero-order valence-corrected chi connectivity index (χ0v) is 13.9. The van der Waals surface area contributed by atoms with Gasteiger partial charge >= 0.3 is 0 Å². The van der Waals surface area contributed by atoms with Crippen LogP contribution in [-0.2, 0) is 0 Å². The van der Waals surface area contributed by atoms with Crippen molar-refractivity contribution in [2.75, 3.05) is 0 Å². The van der Waals surface area contributed by atoms with Crippen LogP contribution in [0.4, 0.5) is 0 Å². The van der Waals surface area contributed by atoms with Gasteiger partial charge in [-0.15, -0.1) is 5.10 Å². The molecule has 26 heavy (non-hydrogen) atoms. The monoisotopic (exact) mass is 337 g/mol. The summed E-state index contributed by atoms with van der Waals surface area (Å²) in [4.78, 5) is 12.8. The van der Waals surface area contributed by atoms with Crippen molar-refractivity contribution in [1.82, 2.24) is 0 Å². The highest BCUT2D eigenvalue weighted by molar-refractivity contribution is 6.51. The third-order valence-electron chi connectivity index (χ3n) is 3.70. The van der Waals surface area contributed by atoms with Crippen molar-refractivity contribution in [1.29, 1.82) is 5.26 Å². The van der Waals surface area contributed by atoms with Crippen LogP contribution in [0.15, 0.2) is 95.1 Å². The lowest BCUT2D eigenvalue weighted by Crippen LogP contribution is -2.15. The van der Waals surface area contributed by atoms with E-state index in [0.29, 0.717) is 16.7 Å². The Hall–Kier alpha value is -3.84. The van der Waals surface area contributed by atoms with Gasteiger partial charge in [0.15, 0.2) is 0 Å². The van der Waals surface area contributed by atoms with Crippen LogP contribution in [-0.4, -0.2) is 17.7 Å². The van der Waals surface area contributed by atoms with E-state index < -0.39 is 0 Å². The molecular weight excluding hydrogens is 322 g/mol. The lowest BCUT2D eigenvalue weighted by molar-refractivity contribution is 0.106. The van der Waals surface area contributed by atoms with Gasteiger partial charge in [0.1, 0.15) is 5.71 Å². The van der Waals surface area contributed by atoms with E-state index in [0.717, 1.165) is 5.56 Å². The maximum atomic E-state index is 12.8. The Morgan fingerprint density at radius 3 is 1.96 bits per heavy atom. The van der Waals surface area contributed by atoms with E-state index in [4.69, 9.17) is 5.26 Å². The highest BCUT2D eigenvalue weighted by atomic mass is 16.1. The zero-order chi connectivity index (χ0) is 18.2. The molecule has 0 unspecified atom stereocenters. The van der Waals surface area contributed by atoms with E-state index in [1.807, 2.05) is 48.5 Å². The normalized spacial score (nSPS) is 11.3. The number of benzene rings is 3. The van der Waals surface area contributed by atoms with Gasteiger partial charge in [-0.2, -0.15) is 10.4 Å². The van der Waals surface area contributed by atoms with E-state index in [1.165, 1.54) is 0 Å². The molecule has 0 saturated carbocycles. The number of rotatable bonds is 5. The van der Waals surface area contributed by atoms with Gasteiger partial charge in [0.2, 0.25) is 5.78 Å². The van der Waals surface area contributed by atoms with Crippen LogP contribution in [0.5, 0.6) is 0 Å². The molecule has 0 aliphatic carbocycles. The summed E-state index contributed by atoms with van der Waals surface area (Å²) in [6, 6.07) is 27.3. The number of Topliss-reactive ketones (excluding diaryl/α,β-unsaturated/α-hetero) is 1. The number of ketones is 1. The Kier molecular flexibility index (Phi) is 5.44. The molecule has 4 heteroatoms. The number of nitrogens with zero attached hydrogens (tertiary/aromatic N) is 3. The molecule has 0 radical (unpaired) electrons. The molecule has 4 nitrogen and oxygen atoms in total. The summed E-state index contributed by atoms with van der Waals surface area (Å²) < 4.78 is 0. The summed E-state index contributed by atoms with van der Waals surface area (Å²) in [7, 11) is 0. The molecule has 0 bridgehead atoms. The molecule has 0 spiro atoms. The van der Waals surface area contributed by atoms with Crippen molar-refractivity contribution in [2.45, 2.75) is 0 Å². The lowest BCUT2D eigenvalue weighted by atomic mass is 10.0. The predicted molar refractivity (Wildman–Crippen MR) is 103 cm³/mol. The van der Waals surface area contributed by atoms with Crippen LogP contribution in [0.25, 0.3) is 0 Å². The third kappa shape index (κ3) is 4.16. The fourth-order valence-electron chi connectivity index (χ4n) is 2.35. The first-order valence-electron chi connectivity index (χ1n) is 8.04. The van der Waals surface area contributed by atoms with Crippen molar-refractivity contribution in [2.24, 2.45) is 10.2 Å². The van der Waals surface area contributed by atoms with E-state index in [1.54, 1.807) is 42.6 Å². The molecule has 3 aromatic carbocycles. The van der Waals surface area contributed by atoms with Crippen molar-refractivity contribution >= 4 is 17.7 Å². The minimum atomic E-state index is -0.186.